The lowest BCUT2D eigenvalue weighted by Crippen LogP contribution is -2.46. The van der Waals surface area contributed by atoms with Crippen molar-refractivity contribution < 1.29 is 23.9 Å². The quantitative estimate of drug-likeness (QED) is 0.517. The summed E-state index contributed by atoms with van der Waals surface area (Å²) in [6.45, 7) is 4.35. The molecule has 2 aromatic carbocycles. The van der Waals surface area contributed by atoms with Crippen molar-refractivity contribution in [3.8, 4) is 11.5 Å². The van der Waals surface area contributed by atoms with Crippen LogP contribution >= 0.6 is 0 Å². The molecule has 30 heavy (non-hydrogen) atoms. The van der Waals surface area contributed by atoms with Gasteiger partial charge in [0.05, 0.1) is 13.2 Å². The Morgan fingerprint density at radius 2 is 1.50 bits per heavy atom. The maximum atomic E-state index is 12.1. The number of benzene rings is 2. The zero-order valence-corrected chi connectivity index (χ0v) is 17.1. The summed E-state index contributed by atoms with van der Waals surface area (Å²) in [5.41, 5.74) is 4.91. The van der Waals surface area contributed by atoms with Crippen molar-refractivity contribution in [3.05, 3.63) is 60.2 Å². The van der Waals surface area contributed by atoms with E-state index in [2.05, 4.69) is 30.0 Å². The van der Waals surface area contributed by atoms with Crippen molar-refractivity contribution in [1.82, 2.24) is 16.2 Å². The van der Waals surface area contributed by atoms with Gasteiger partial charge in [0.25, 0.3) is 17.7 Å². The van der Waals surface area contributed by atoms with Crippen LogP contribution < -0.4 is 25.6 Å². The SMILES string of the molecule is CC(C)CCOc1ccc(C(=O)NNC(=O)CNC(=O)COc2ccccc2)cc1. The fourth-order valence-corrected chi connectivity index (χ4v) is 2.25. The van der Waals surface area contributed by atoms with Gasteiger partial charge in [-0.25, -0.2) is 0 Å². The Balaban J connectivity index is 1.65. The molecule has 0 atom stereocenters. The number of rotatable bonds is 10. The van der Waals surface area contributed by atoms with Crippen LogP contribution in [0, 0.1) is 5.92 Å². The third-order valence-corrected chi connectivity index (χ3v) is 3.96. The molecule has 8 heteroatoms. The largest absolute Gasteiger partial charge is 0.494 e. The molecular formula is C22H27N3O5. The number of para-hydroxylation sites is 1. The molecule has 0 radical (unpaired) electrons. The number of hydrogen-bond acceptors (Lipinski definition) is 5. The highest BCUT2D eigenvalue weighted by molar-refractivity contribution is 5.95. The van der Waals surface area contributed by atoms with Crippen LogP contribution in [-0.4, -0.2) is 37.5 Å². The average Bonchev–Trinajstić information content (AvgIpc) is 2.75. The molecule has 0 spiro atoms. The van der Waals surface area contributed by atoms with Gasteiger partial charge in [-0.05, 0) is 48.7 Å². The summed E-state index contributed by atoms with van der Waals surface area (Å²) in [6.07, 6.45) is 0.948. The molecule has 0 aliphatic rings. The Hall–Kier alpha value is -3.55. The molecule has 8 nitrogen and oxygen atoms in total. The van der Waals surface area contributed by atoms with Gasteiger partial charge >= 0.3 is 0 Å². The first kappa shape index (κ1) is 22.7. The van der Waals surface area contributed by atoms with E-state index in [1.807, 2.05) is 6.07 Å². The third-order valence-electron chi connectivity index (χ3n) is 3.96. The molecule has 160 valence electrons. The second-order valence-corrected chi connectivity index (χ2v) is 6.94. The van der Waals surface area contributed by atoms with Gasteiger partial charge in [0, 0.05) is 5.56 Å². The fourth-order valence-electron chi connectivity index (χ4n) is 2.25. The van der Waals surface area contributed by atoms with Crippen molar-refractivity contribution in [2.24, 2.45) is 5.92 Å². The van der Waals surface area contributed by atoms with Crippen molar-refractivity contribution in [2.45, 2.75) is 20.3 Å². The van der Waals surface area contributed by atoms with Gasteiger partial charge in [0.1, 0.15) is 11.5 Å². The number of hydrogen-bond donors (Lipinski definition) is 3. The van der Waals surface area contributed by atoms with E-state index < -0.39 is 17.7 Å². The smallest absolute Gasteiger partial charge is 0.269 e. The topological polar surface area (TPSA) is 106 Å². The number of hydrazine groups is 1. The molecule has 0 fully saturated rings. The maximum Gasteiger partial charge on any atom is 0.269 e. The predicted molar refractivity (Wildman–Crippen MR) is 112 cm³/mol. The van der Waals surface area contributed by atoms with Gasteiger partial charge in [-0.1, -0.05) is 32.0 Å². The molecule has 2 rings (SSSR count). The monoisotopic (exact) mass is 413 g/mol. The van der Waals surface area contributed by atoms with Crippen LogP contribution in [0.3, 0.4) is 0 Å². The molecule has 2 aromatic rings. The molecule has 0 unspecified atom stereocenters. The van der Waals surface area contributed by atoms with Gasteiger partial charge in [0.2, 0.25) is 0 Å². The predicted octanol–water partition coefficient (Wildman–Crippen LogP) is 2.07. The minimum absolute atomic E-state index is 0.213. The lowest BCUT2D eigenvalue weighted by Gasteiger charge is -2.10. The molecular weight excluding hydrogens is 386 g/mol. The normalized spacial score (nSPS) is 10.2. The van der Waals surface area contributed by atoms with Crippen LogP contribution in [0.2, 0.25) is 0 Å². The molecule has 3 N–H and O–H groups in total. The van der Waals surface area contributed by atoms with Crippen LogP contribution in [0.4, 0.5) is 0 Å². The van der Waals surface area contributed by atoms with E-state index in [0.717, 1.165) is 6.42 Å². The highest BCUT2D eigenvalue weighted by Crippen LogP contribution is 2.13. The summed E-state index contributed by atoms with van der Waals surface area (Å²) in [5.74, 6) is 0.298. The summed E-state index contributed by atoms with van der Waals surface area (Å²) >= 11 is 0. The van der Waals surface area contributed by atoms with Crippen molar-refractivity contribution in [3.63, 3.8) is 0 Å². The number of carbonyl (C=O) groups is 3. The lowest BCUT2D eigenvalue weighted by atomic mass is 10.1. The molecule has 0 saturated heterocycles. The first-order chi connectivity index (χ1) is 14.4. The van der Waals surface area contributed by atoms with E-state index in [0.29, 0.717) is 29.6 Å². The molecule has 0 heterocycles. The fraction of sp³-hybridized carbons (Fsp3) is 0.318. The van der Waals surface area contributed by atoms with Crippen molar-refractivity contribution >= 4 is 17.7 Å². The van der Waals surface area contributed by atoms with Crippen LogP contribution in [0.1, 0.15) is 30.6 Å². The van der Waals surface area contributed by atoms with Crippen LogP contribution in [0.5, 0.6) is 11.5 Å². The molecule has 0 aromatic heterocycles. The maximum absolute atomic E-state index is 12.1. The molecule has 0 aliphatic carbocycles. The Kier molecular flexibility index (Phi) is 9.18. The van der Waals surface area contributed by atoms with Gasteiger partial charge in [-0.15, -0.1) is 0 Å². The van der Waals surface area contributed by atoms with Crippen molar-refractivity contribution in [1.29, 1.82) is 0 Å². The summed E-state index contributed by atoms with van der Waals surface area (Å²) in [5, 5.41) is 2.41. The number of carbonyl (C=O) groups excluding carboxylic acids is 3. The van der Waals surface area contributed by atoms with Crippen LogP contribution in [-0.2, 0) is 9.59 Å². The van der Waals surface area contributed by atoms with Gasteiger partial charge in [0.15, 0.2) is 6.61 Å². The van der Waals surface area contributed by atoms with E-state index in [9.17, 15) is 14.4 Å². The highest BCUT2D eigenvalue weighted by atomic mass is 16.5. The minimum Gasteiger partial charge on any atom is -0.494 e. The molecule has 0 bridgehead atoms. The first-order valence-electron chi connectivity index (χ1n) is 9.70. The second kappa shape index (κ2) is 12.1. The van der Waals surface area contributed by atoms with E-state index in [-0.39, 0.29) is 13.2 Å². The molecule has 3 amide bonds. The first-order valence-corrected chi connectivity index (χ1v) is 9.70. The van der Waals surface area contributed by atoms with E-state index in [1.54, 1.807) is 48.5 Å². The molecule has 0 saturated carbocycles. The summed E-state index contributed by atoms with van der Waals surface area (Å²) in [6, 6.07) is 15.5. The van der Waals surface area contributed by atoms with E-state index >= 15 is 0 Å². The summed E-state index contributed by atoms with van der Waals surface area (Å²) in [7, 11) is 0. The zero-order chi connectivity index (χ0) is 21.8. The number of ether oxygens (including phenoxy) is 2. The average molecular weight is 413 g/mol. The Labute approximate surface area is 175 Å². The van der Waals surface area contributed by atoms with E-state index in [1.165, 1.54) is 0 Å². The highest BCUT2D eigenvalue weighted by Gasteiger charge is 2.09. The minimum atomic E-state index is -0.565. The van der Waals surface area contributed by atoms with Gasteiger partial charge in [-0.2, -0.15) is 0 Å². The third kappa shape index (κ3) is 8.64. The standard InChI is InChI=1S/C22H27N3O5/c1-16(2)12-13-29-19-10-8-17(9-11-19)22(28)25-24-20(26)14-23-21(27)15-30-18-6-4-3-5-7-18/h3-11,16H,12-15H2,1-2H3,(H,23,27)(H,24,26)(H,25,28). The van der Waals surface area contributed by atoms with Gasteiger partial charge < -0.3 is 14.8 Å². The van der Waals surface area contributed by atoms with Gasteiger partial charge in [-0.3, -0.25) is 25.2 Å². The lowest BCUT2D eigenvalue weighted by molar-refractivity contribution is -0.127. The van der Waals surface area contributed by atoms with E-state index in [4.69, 9.17) is 9.47 Å². The summed E-state index contributed by atoms with van der Waals surface area (Å²) < 4.78 is 10.9. The number of amides is 3. The van der Waals surface area contributed by atoms with Crippen LogP contribution in [0.15, 0.2) is 54.6 Å². The number of nitrogens with one attached hydrogen (secondary N) is 3. The Morgan fingerprint density at radius 1 is 0.833 bits per heavy atom. The molecule has 0 aliphatic heterocycles. The Bertz CT molecular complexity index is 822. The van der Waals surface area contributed by atoms with Crippen LogP contribution in [0.25, 0.3) is 0 Å². The Morgan fingerprint density at radius 3 is 2.17 bits per heavy atom. The second-order valence-electron chi connectivity index (χ2n) is 6.94. The summed E-state index contributed by atoms with van der Waals surface area (Å²) in [4.78, 5) is 35.6. The zero-order valence-electron chi connectivity index (χ0n) is 17.1. The van der Waals surface area contributed by atoms with Crippen molar-refractivity contribution in [2.75, 3.05) is 19.8 Å².